The number of thiophene rings is 1. The molecule has 0 saturated carbocycles. The molecule has 2 saturated heterocycles. The molecule has 0 aliphatic carbocycles. The molecule has 0 aromatic carbocycles. The molecular formula is C23H26F3N5O2S. The van der Waals surface area contributed by atoms with Crippen LogP contribution in [0.5, 0.6) is 0 Å². The number of hydrogen-bond acceptors (Lipinski definition) is 6. The number of carbonyl (C=O) groups excluding carboxylic acids is 1. The van der Waals surface area contributed by atoms with Crippen molar-refractivity contribution in [3.8, 4) is 10.6 Å². The number of hydrogen-bond donors (Lipinski definition) is 1. The lowest BCUT2D eigenvalue weighted by molar-refractivity contribution is -0.134. The minimum absolute atomic E-state index is 0.116. The SMILES string of the molecule is CC(C)(C)OC(=O)N1C2CCC1CC(Nc1ccc3ncc(-c4ccc(C(F)(F)F)s4)n3n1)C2. The van der Waals surface area contributed by atoms with E-state index in [0.717, 1.165) is 31.7 Å². The first-order chi connectivity index (χ1) is 16.0. The van der Waals surface area contributed by atoms with Crippen LogP contribution in [0.2, 0.25) is 0 Å². The minimum Gasteiger partial charge on any atom is -0.444 e. The average Bonchev–Trinajstić information content (AvgIpc) is 3.42. The fourth-order valence-corrected chi connectivity index (χ4v) is 5.73. The highest BCUT2D eigenvalue weighted by molar-refractivity contribution is 7.15. The van der Waals surface area contributed by atoms with E-state index >= 15 is 0 Å². The number of fused-ring (bicyclic) bond motifs is 3. The zero-order valence-corrected chi connectivity index (χ0v) is 19.9. The maximum Gasteiger partial charge on any atom is 0.425 e. The van der Waals surface area contributed by atoms with Crippen molar-refractivity contribution >= 4 is 28.9 Å². The lowest BCUT2D eigenvalue weighted by atomic mass is 9.98. The van der Waals surface area contributed by atoms with Gasteiger partial charge in [-0.25, -0.2) is 14.3 Å². The molecule has 5 rings (SSSR count). The Balaban J connectivity index is 1.32. The predicted molar refractivity (Wildman–Crippen MR) is 123 cm³/mol. The van der Waals surface area contributed by atoms with E-state index in [1.807, 2.05) is 31.7 Å². The molecule has 11 heteroatoms. The second kappa shape index (κ2) is 8.14. The van der Waals surface area contributed by atoms with Crippen molar-refractivity contribution < 1.29 is 22.7 Å². The van der Waals surface area contributed by atoms with Gasteiger partial charge in [0.05, 0.1) is 11.1 Å². The van der Waals surface area contributed by atoms with Crippen LogP contribution in [-0.4, -0.2) is 49.3 Å². The van der Waals surface area contributed by atoms with E-state index in [9.17, 15) is 18.0 Å². The quantitative estimate of drug-likeness (QED) is 0.498. The number of ether oxygens (including phenoxy) is 1. The summed E-state index contributed by atoms with van der Waals surface area (Å²) in [4.78, 5) is 18.7. The number of anilines is 1. The molecule has 7 nitrogen and oxygen atoms in total. The summed E-state index contributed by atoms with van der Waals surface area (Å²) < 4.78 is 46.3. The molecule has 2 atom stereocenters. The number of carbonyl (C=O) groups is 1. The molecule has 1 amide bonds. The number of alkyl halides is 3. The van der Waals surface area contributed by atoms with Gasteiger partial charge in [-0.1, -0.05) is 0 Å². The summed E-state index contributed by atoms with van der Waals surface area (Å²) in [6.07, 6.45) is 0.364. The molecule has 3 aromatic rings. The number of piperidine rings is 1. The first-order valence-corrected chi connectivity index (χ1v) is 12.1. The monoisotopic (exact) mass is 493 g/mol. The molecule has 0 radical (unpaired) electrons. The van der Waals surface area contributed by atoms with Gasteiger partial charge < -0.3 is 15.0 Å². The topological polar surface area (TPSA) is 71.8 Å². The van der Waals surface area contributed by atoms with E-state index in [1.54, 1.807) is 10.6 Å². The van der Waals surface area contributed by atoms with Crippen molar-refractivity contribution in [3.05, 3.63) is 35.3 Å². The first kappa shape index (κ1) is 22.9. The van der Waals surface area contributed by atoms with Gasteiger partial charge in [0, 0.05) is 18.1 Å². The summed E-state index contributed by atoms with van der Waals surface area (Å²) in [6, 6.07) is 6.51. The Morgan fingerprint density at radius 2 is 1.82 bits per heavy atom. The Morgan fingerprint density at radius 3 is 2.44 bits per heavy atom. The van der Waals surface area contributed by atoms with Crippen LogP contribution < -0.4 is 5.32 Å². The van der Waals surface area contributed by atoms with Gasteiger partial charge in [-0.3, -0.25) is 0 Å². The molecule has 34 heavy (non-hydrogen) atoms. The van der Waals surface area contributed by atoms with Gasteiger partial charge in [0.1, 0.15) is 22.0 Å². The molecule has 2 fully saturated rings. The molecule has 2 unspecified atom stereocenters. The van der Waals surface area contributed by atoms with E-state index in [1.165, 1.54) is 12.3 Å². The summed E-state index contributed by atoms with van der Waals surface area (Å²) in [6.45, 7) is 5.61. The van der Waals surface area contributed by atoms with Gasteiger partial charge in [0.15, 0.2) is 5.65 Å². The summed E-state index contributed by atoms with van der Waals surface area (Å²) in [5, 5.41) is 8.08. The van der Waals surface area contributed by atoms with Gasteiger partial charge >= 0.3 is 12.3 Å². The number of nitrogens with one attached hydrogen (secondary N) is 1. The van der Waals surface area contributed by atoms with Gasteiger partial charge in [-0.15, -0.1) is 16.4 Å². The Labute approximate surface area is 198 Å². The van der Waals surface area contributed by atoms with Crippen molar-refractivity contribution in [1.82, 2.24) is 19.5 Å². The first-order valence-electron chi connectivity index (χ1n) is 11.3. The second-order valence-corrected chi connectivity index (χ2v) is 11.0. The molecule has 182 valence electrons. The van der Waals surface area contributed by atoms with Gasteiger partial charge in [0.2, 0.25) is 0 Å². The van der Waals surface area contributed by atoms with Gasteiger partial charge in [-0.2, -0.15) is 13.2 Å². The van der Waals surface area contributed by atoms with Crippen molar-refractivity contribution in [2.75, 3.05) is 5.32 Å². The molecule has 2 bridgehead atoms. The standard InChI is InChI=1S/C23H26F3N5O2S/c1-22(2,3)33-21(32)30-14-4-5-15(30)11-13(10-14)28-19-8-9-20-27-12-16(31(20)29-19)17-6-7-18(34-17)23(24,25)26/h6-9,12-15H,4-5,10-11H2,1-3H3,(H,28,29). The maximum absolute atomic E-state index is 13.0. The number of nitrogens with zero attached hydrogens (tertiary/aromatic N) is 4. The molecule has 5 heterocycles. The third-order valence-corrected chi connectivity index (χ3v) is 7.34. The lowest BCUT2D eigenvalue weighted by Crippen LogP contribution is -2.51. The van der Waals surface area contributed by atoms with Crippen molar-refractivity contribution in [2.45, 2.75) is 76.4 Å². The smallest absolute Gasteiger partial charge is 0.425 e. The van der Waals surface area contributed by atoms with Crippen LogP contribution in [-0.2, 0) is 10.9 Å². The molecule has 2 aliphatic heterocycles. The predicted octanol–water partition coefficient (Wildman–Crippen LogP) is 5.82. The number of halogens is 3. The highest BCUT2D eigenvalue weighted by Gasteiger charge is 2.45. The van der Waals surface area contributed by atoms with E-state index in [0.29, 0.717) is 33.4 Å². The van der Waals surface area contributed by atoms with Gasteiger partial charge in [0.25, 0.3) is 0 Å². The number of imidazole rings is 1. The van der Waals surface area contributed by atoms with Crippen LogP contribution >= 0.6 is 11.3 Å². The van der Waals surface area contributed by atoms with Crippen molar-refractivity contribution in [3.63, 3.8) is 0 Å². The molecular weight excluding hydrogens is 467 g/mol. The molecule has 3 aromatic heterocycles. The fraction of sp³-hybridized carbons (Fsp3) is 0.522. The average molecular weight is 494 g/mol. The second-order valence-electron chi connectivity index (χ2n) is 9.88. The van der Waals surface area contributed by atoms with Crippen LogP contribution in [0.4, 0.5) is 23.8 Å². The molecule has 0 spiro atoms. The number of aromatic nitrogens is 3. The third kappa shape index (κ3) is 4.45. The van der Waals surface area contributed by atoms with Crippen molar-refractivity contribution in [2.24, 2.45) is 0 Å². The summed E-state index contributed by atoms with van der Waals surface area (Å²) >= 11 is 0.674. The highest BCUT2D eigenvalue weighted by atomic mass is 32.1. The van der Waals surface area contributed by atoms with Crippen LogP contribution in [0.3, 0.4) is 0 Å². The normalized spacial score (nSPS) is 22.9. The van der Waals surface area contributed by atoms with Crippen LogP contribution in [0.15, 0.2) is 30.5 Å². The van der Waals surface area contributed by atoms with Crippen LogP contribution in [0.1, 0.15) is 51.3 Å². The zero-order chi connectivity index (χ0) is 24.3. The molecule has 2 aliphatic rings. The van der Waals surface area contributed by atoms with Crippen LogP contribution in [0, 0.1) is 0 Å². The number of rotatable bonds is 3. The fourth-order valence-electron chi connectivity index (χ4n) is 4.86. The lowest BCUT2D eigenvalue weighted by Gasteiger charge is -2.39. The number of amides is 1. The van der Waals surface area contributed by atoms with E-state index < -0.39 is 16.7 Å². The Hall–Kier alpha value is -2.82. The van der Waals surface area contributed by atoms with Crippen molar-refractivity contribution in [1.29, 1.82) is 0 Å². The maximum atomic E-state index is 13.0. The van der Waals surface area contributed by atoms with E-state index in [-0.39, 0.29) is 24.2 Å². The zero-order valence-electron chi connectivity index (χ0n) is 19.1. The Bertz CT molecular complexity index is 1200. The minimum atomic E-state index is -4.38. The molecule has 1 N–H and O–H groups in total. The van der Waals surface area contributed by atoms with E-state index in [2.05, 4.69) is 15.4 Å². The van der Waals surface area contributed by atoms with E-state index in [4.69, 9.17) is 4.74 Å². The summed E-state index contributed by atoms with van der Waals surface area (Å²) in [7, 11) is 0. The van der Waals surface area contributed by atoms with Crippen LogP contribution in [0.25, 0.3) is 16.2 Å². The summed E-state index contributed by atoms with van der Waals surface area (Å²) in [5.41, 5.74) is 0.540. The van der Waals surface area contributed by atoms with Gasteiger partial charge in [-0.05, 0) is 70.7 Å². The summed E-state index contributed by atoms with van der Waals surface area (Å²) in [5.74, 6) is 0.620. The Morgan fingerprint density at radius 1 is 1.12 bits per heavy atom. The third-order valence-electron chi connectivity index (χ3n) is 6.19. The largest absolute Gasteiger partial charge is 0.444 e. The highest BCUT2D eigenvalue weighted by Crippen LogP contribution is 2.39. The Kier molecular flexibility index (Phi) is 5.50.